The zero-order valence-electron chi connectivity index (χ0n) is 15.7. The van der Waals surface area contributed by atoms with Crippen LogP contribution in [0.5, 0.6) is 11.5 Å². The number of fused-ring (bicyclic) bond motifs is 1. The van der Waals surface area contributed by atoms with E-state index in [1.807, 2.05) is 6.07 Å². The third-order valence-corrected chi connectivity index (χ3v) is 7.83. The number of hydrogen-bond acceptors (Lipinski definition) is 4. The van der Waals surface area contributed by atoms with Gasteiger partial charge in [-0.25, -0.2) is 0 Å². The Bertz CT molecular complexity index is 741. The number of phenolic OH excluding ortho intramolecular Hbond substituents is 1. The van der Waals surface area contributed by atoms with Crippen LogP contribution in [0.1, 0.15) is 56.1 Å². The summed E-state index contributed by atoms with van der Waals surface area (Å²) in [6, 6.07) is 4.55. The third kappa shape index (κ3) is 2.27. The van der Waals surface area contributed by atoms with Crippen molar-refractivity contribution >= 4 is 5.78 Å². The number of phenols is 1. The zero-order chi connectivity index (χ0) is 17.9. The van der Waals surface area contributed by atoms with E-state index in [0.717, 1.165) is 37.3 Å². The van der Waals surface area contributed by atoms with Crippen molar-refractivity contribution in [1.29, 1.82) is 0 Å². The summed E-state index contributed by atoms with van der Waals surface area (Å²) in [5.41, 5.74) is 2.09. The van der Waals surface area contributed by atoms with E-state index in [2.05, 4.69) is 11.0 Å². The molecule has 26 heavy (non-hydrogen) atoms. The van der Waals surface area contributed by atoms with Crippen molar-refractivity contribution in [3.05, 3.63) is 23.3 Å². The summed E-state index contributed by atoms with van der Waals surface area (Å²) in [4.78, 5) is 15.2. The van der Waals surface area contributed by atoms with Gasteiger partial charge in [-0.15, -0.1) is 0 Å². The van der Waals surface area contributed by atoms with Gasteiger partial charge < -0.3 is 9.84 Å². The van der Waals surface area contributed by atoms with E-state index in [-0.39, 0.29) is 11.2 Å². The molecule has 4 heteroatoms. The Balaban J connectivity index is 1.59. The highest BCUT2D eigenvalue weighted by Crippen LogP contribution is 2.58. The number of ketones is 1. The largest absolute Gasteiger partial charge is 0.504 e. The molecule has 0 aromatic heterocycles. The Morgan fingerprint density at radius 3 is 2.88 bits per heavy atom. The van der Waals surface area contributed by atoms with Gasteiger partial charge in [-0.05, 0) is 62.1 Å². The Morgan fingerprint density at radius 1 is 1.31 bits per heavy atom. The van der Waals surface area contributed by atoms with E-state index in [4.69, 9.17) is 4.74 Å². The molecule has 3 fully saturated rings. The highest BCUT2D eigenvalue weighted by molar-refractivity contribution is 5.82. The molecule has 0 radical (unpaired) electrons. The fourth-order valence-electron chi connectivity index (χ4n) is 6.40. The molecule has 1 aromatic rings. The minimum atomic E-state index is -0.178. The van der Waals surface area contributed by atoms with Crippen LogP contribution >= 0.6 is 0 Å². The number of rotatable bonds is 3. The molecule has 4 aliphatic rings. The molecule has 140 valence electrons. The summed E-state index contributed by atoms with van der Waals surface area (Å²) in [5.74, 6) is 2.56. The molecule has 3 atom stereocenters. The van der Waals surface area contributed by atoms with Crippen molar-refractivity contribution < 1.29 is 14.6 Å². The molecule has 4 nitrogen and oxygen atoms in total. The lowest BCUT2D eigenvalue weighted by Crippen LogP contribution is -2.62. The fraction of sp³-hybridized carbons (Fsp3) is 0.682. The molecule has 1 heterocycles. The van der Waals surface area contributed by atoms with Gasteiger partial charge in [0.2, 0.25) is 0 Å². The first-order chi connectivity index (χ1) is 12.6. The second-order valence-electron chi connectivity index (χ2n) is 8.98. The maximum absolute atomic E-state index is 12.5. The Kier molecular flexibility index (Phi) is 3.82. The summed E-state index contributed by atoms with van der Waals surface area (Å²) in [7, 11) is 1.61. The number of methoxy groups -OCH3 is 1. The first-order valence-electron chi connectivity index (χ1n) is 10.3. The average Bonchev–Trinajstić information content (AvgIpc) is 2.59. The second kappa shape index (κ2) is 5.98. The molecule has 0 spiro atoms. The van der Waals surface area contributed by atoms with Crippen molar-refractivity contribution in [1.82, 2.24) is 4.90 Å². The smallest absolute Gasteiger partial charge is 0.161 e. The van der Waals surface area contributed by atoms with Crippen LogP contribution in [0.15, 0.2) is 12.1 Å². The van der Waals surface area contributed by atoms with E-state index >= 15 is 0 Å². The van der Waals surface area contributed by atoms with Crippen LogP contribution in [0.3, 0.4) is 0 Å². The number of hydrogen-bond donors (Lipinski definition) is 1. The van der Waals surface area contributed by atoms with Crippen molar-refractivity contribution in [2.45, 2.75) is 62.8 Å². The predicted octanol–water partition coefficient (Wildman–Crippen LogP) is 3.44. The zero-order valence-corrected chi connectivity index (χ0v) is 15.7. The molecule has 1 aromatic carbocycles. The lowest BCUT2D eigenvalue weighted by atomic mass is 9.52. The SMILES string of the molecule is COc1ccc2c(c1O)[C@@]13CCN(CC4CCC4)[C@@H](C2)C1CCC(=O)C3. The van der Waals surface area contributed by atoms with E-state index in [1.54, 1.807) is 7.11 Å². The van der Waals surface area contributed by atoms with E-state index in [0.29, 0.717) is 36.3 Å². The van der Waals surface area contributed by atoms with Crippen LogP contribution in [-0.2, 0) is 16.6 Å². The molecule has 2 saturated carbocycles. The van der Waals surface area contributed by atoms with Gasteiger partial charge >= 0.3 is 0 Å². The molecule has 2 bridgehead atoms. The van der Waals surface area contributed by atoms with Gasteiger partial charge in [-0.1, -0.05) is 12.5 Å². The maximum Gasteiger partial charge on any atom is 0.161 e. The number of benzene rings is 1. The quantitative estimate of drug-likeness (QED) is 0.902. The summed E-state index contributed by atoms with van der Waals surface area (Å²) < 4.78 is 5.40. The van der Waals surface area contributed by atoms with Crippen LogP contribution < -0.4 is 4.74 Å². The first-order valence-corrected chi connectivity index (χ1v) is 10.3. The van der Waals surface area contributed by atoms with Gasteiger partial charge in [-0.2, -0.15) is 0 Å². The normalized spacial score (nSPS) is 34.0. The first kappa shape index (κ1) is 16.6. The molecular formula is C22H29NO3. The van der Waals surface area contributed by atoms with Gasteiger partial charge in [0.25, 0.3) is 0 Å². The summed E-state index contributed by atoms with van der Waals surface area (Å²) >= 11 is 0. The van der Waals surface area contributed by atoms with Crippen LogP contribution in [0.25, 0.3) is 0 Å². The fourth-order valence-corrected chi connectivity index (χ4v) is 6.40. The average molecular weight is 355 g/mol. The lowest BCUT2D eigenvalue weighted by molar-refractivity contribution is -0.127. The lowest BCUT2D eigenvalue weighted by Gasteiger charge is -2.59. The van der Waals surface area contributed by atoms with Crippen molar-refractivity contribution in [3.8, 4) is 11.5 Å². The molecule has 1 unspecified atom stereocenters. The van der Waals surface area contributed by atoms with Crippen molar-refractivity contribution in [2.24, 2.45) is 11.8 Å². The van der Waals surface area contributed by atoms with E-state index in [9.17, 15) is 9.90 Å². The van der Waals surface area contributed by atoms with Gasteiger partial charge in [0.15, 0.2) is 11.5 Å². The topological polar surface area (TPSA) is 49.8 Å². The summed E-state index contributed by atoms with van der Waals surface area (Å²) in [5, 5.41) is 11.0. The highest BCUT2D eigenvalue weighted by Gasteiger charge is 2.57. The van der Waals surface area contributed by atoms with E-state index in [1.165, 1.54) is 31.4 Å². The Morgan fingerprint density at radius 2 is 2.15 bits per heavy atom. The second-order valence-corrected chi connectivity index (χ2v) is 8.98. The van der Waals surface area contributed by atoms with Crippen LogP contribution in [0, 0.1) is 11.8 Å². The van der Waals surface area contributed by atoms with Crippen molar-refractivity contribution in [3.63, 3.8) is 0 Å². The van der Waals surface area contributed by atoms with Gasteiger partial charge in [0.1, 0.15) is 5.78 Å². The number of likely N-dealkylation sites (tertiary alicyclic amines) is 1. The number of nitrogens with zero attached hydrogens (tertiary/aromatic N) is 1. The number of ether oxygens (including phenoxy) is 1. The molecule has 5 rings (SSSR count). The minimum Gasteiger partial charge on any atom is -0.504 e. The molecule has 1 N–H and O–H groups in total. The molecular weight excluding hydrogens is 326 g/mol. The van der Waals surface area contributed by atoms with Gasteiger partial charge in [0, 0.05) is 36.4 Å². The Hall–Kier alpha value is -1.55. The number of carbonyl (C=O) groups excluding carboxylic acids is 1. The number of Topliss-reactive ketones (excluding diaryl/α,β-unsaturated/α-hetero) is 1. The standard InChI is InChI=1S/C22H29NO3/c1-26-19-8-5-15-11-18-17-7-6-16(24)12-22(17,20(15)21(19)25)9-10-23(18)13-14-3-2-4-14/h5,8,14,17-18,25H,2-4,6-7,9-13H2,1H3/t17?,18-,22+/m0/s1. The molecule has 3 aliphatic carbocycles. The van der Waals surface area contributed by atoms with Gasteiger partial charge in [-0.3, -0.25) is 9.69 Å². The minimum absolute atomic E-state index is 0.178. The predicted molar refractivity (Wildman–Crippen MR) is 99.7 cm³/mol. The van der Waals surface area contributed by atoms with Crippen molar-refractivity contribution in [2.75, 3.05) is 20.2 Å². The molecule has 1 aliphatic heterocycles. The number of carbonyl (C=O) groups is 1. The van der Waals surface area contributed by atoms with Crippen LogP contribution in [0.4, 0.5) is 0 Å². The number of aromatic hydroxyl groups is 1. The highest BCUT2D eigenvalue weighted by atomic mass is 16.5. The van der Waals surface area contributed by atoms with E-state index < -0.39 is 0 Å². The van der Waals surface area contributed by atoms with Gasteiger partial charge in [0.05, 0.1) is 7.11 Å². The summed E-state index contributed by atoms with van der Waals surface area (Å²) in [6.07, 6.45) is 8.42. The maximum atomic E-state index is 12.5. The Labute approximate surface area is 155 Å². The van der Waals surface area contributed by atoms with Crippen LogP contribution in [-0.4, -0.2) is 42.0 Å². The third-order valence-electron chi connectivity index (χ3n) is 7.83. The summed E-state index contributed by atoms with van der Waals surface area (Å²) in [6.45, 7) is 2.28. The molecule has 0 amide bonds. The monoisotopic (exact) mass is 355 g/mol. The van der Waals surface area contributed by atoms with Crippen LogP contribution in [0.2, 0.25) is 0 Å². The molecule has 1 saturated heterocycles. The number of piperidine rings is 1.